The van der Waals surface area contributed by atoms with E-state index in [4.69, 9.17) is 0 Å². The highest BCUT2D eigenvalue weighted by Gasteiger charge is 2.16. The highest BCUT2D eigenvalue weighted by molar-refractivity contribution is 6.36. The summed E-state index contributed by atoms with van der Waals surface area (Å²) >= 11 is 0. The van der Waals surface area contributed by atoms with Crippen molar-refractivity contribution in [3.63, 3.8) is 0 Å². The molecule has 1 rings (SSSR count). The van der Waals surface area contributed by atoms with E-state index in [1.165, 1.54) is 5.56 Å². The van der Waals surface area contributed by atoms with Crippen LogP contribution in [0.2, 0.25) is 0 Å². The predicted octanol–water partition coefficient (Wildman–Crippen LogP) is 1.64. The summed E-state index contributed by atoms with van der Waals surface area (Å²) in [6.07, 6.45) is 0. The van der Waals surface area contributed by atoms with Crippen LogP contribution in [0.15, 0.2) is 24.3 Å². The van der Waals surface area contributed by atoms with Gasteiger partial charge in [0.1, 0.15) is 0 Å². The number of amides is 1. The van der Waals surface area contributed by atoms with Gasteiger partial charge >= 0.3 is 0 Å². The molecule has 0 fully saturated rings. The Morgan fingerprint density at radius 2 is 1.79 bits per heavy atom. The van der Waals surface area contributed by atoms with Crippen molar-refractivity contribution < 1.29 is 9.59 Å². The lowest BCUT2D eigenvalue weighted by atomic mass is 10.1. The van der Waals surface area contributed by atoms with Gasteiger partial charge in [0.25, 0.3) is 5.91 Å². The summed E-state index contributed by atoms with van der Waals surface area (Å²) in [4.78, 5) is 23.0. The first-order chi connectivity index (χ1) is 9.04. The van der Waals surface area contributed by atoms with E-state index in [0.29, 0.717) is 6.54 Å². The molecule has 0 aromatic heterocycles. The van der Waals surface area contributed by atoms with Gasteiger partial charge in [-0.25, -0.2) is 0 Å². The molecule has 19 heavy (non-hydrogen) atoms. The Morgan fingerprint density at radius 1 is 1.16 bits per heavy atom. The van der Waals surface area contributed by atoms with Crippen molar-refractivity contribution in [1.29, 1.82) is 0 Å². The molecule has 0 aliphatic heterocycles. The van der Waals surface area contributed by atoms with Crippen LogP contribution in [-0.2, 0) is 22.7 Å². The van der Waals surface area contributed by atoms with Gasteiger partial charge in [-0.2, -0.15) is 0 Å². The van der Waals surface area contributed by atoms with Crippen LogP contribution in [0, 0.1) is 5.92 Å². The molecular weight excluding hydrogens is 240 g/mol. The number of Topliss-reactive ketones (excluding diaryl/α,β-unsaturated/α-hetero) is 1. The predicted molar refractivity (Wildman–Crippen MR) is 75.5 cm³/mol. The first-order valence-corrected chi connectivity index (χ1v) is 6.65. The third kappa shape index (κ3) is 5.22. The first kappa shape index (κ1) is 15.4. The number of rotatable bonds is 7. The van der Waals surface area contributed by atoms with Gasteiger partial charge in [-0.15, -0.1) is 0 Å². The molecule has 1 aromatic rings. The Balaban J connectivity index is 2.53. The Morgan fingerprint density at radius 3 is 2.37 bits per heavy atom. The standard InChI is InChI=1S/C15H22N2O2/c1-4-16-9-12-6-5-7-13(8-12)10-17-15(19)14(18)11(2)3/h5-8,11,16H,4,9-10H2,1-3H3,(H,17,19). The third-order valence-corrected chi connectivity index (χ3v) is 2.77. The van der Waals surface area contributed by atoms with Crippen LogP contribution in [0.5, 0.6) is 0 Å². The van der Waals surface area contributed by atoms with Crippen molar-refractivity contribution in [2.45, 2.75) is 33.9 Å². The number of carbonyl (C=O) groups is 2. The molecule has 2 N–H and O–H groups in total. The van der Waals surface area contributed by atoms with E-state index in [1.807, 2.05) is 24.3 Å². The fraction of sp³-hybridized carbons (Fsp3) is 0.467. The van der Waals surface area contributed by atoms with E-state index >= 15 is 0 Å². The second-order valence-electron chi connectivity index (χ2n) is 4.80. The largest absolute Gasteiger partial charge is 0.345 e. The van der Waals surface area contributed by atoms with E-state index in [2.05, 4.69) is 17.6 Å². The minimum atomic E-state index is -0.507. The van der Waals surface area contributed by atoms with Gasteiger partial charge in [0, 0.05) is 19.0 Å². The lowest BCUT2D eigenvalue weighted by Crippen LogP contribution is -2.33. The smallest absolute Gasteiger partial charge is 0.287 e. The average Bonchev–Trinajstić information content (AvgIpc) is 2.42. The highest BCUT2D eigenvalue weighted by Crippen LogP contribution is 2.05. The maximum absolute atomic E-state index is 11.5. The molecule has 0 aliphatic carbocycles. The van der Waals surface area contributed by atoms with Crippen molar-refractivity contribution in [1.82, 2.24) is 10.6 Å². The quantitative estimate of drug-likeness (QED) is 0.734. The van der Waals surface area contributed by atoms with Crippen molar-refractivity contribution >= 4 is 11.7 Å². The van der Waals surface area contributed by atoms with Gasteiger partial charge in [-0.3, -0.25) is 9.59 Å². The van der Waals surface area contributed by atoms with Gasteiger partial charge in [0.2, 0.25) is 5.78 Å². The Bertz CT molecular complexity index is 442. The monoisotopic (exact) mass is 262 g/mol. The summed E-state index contributed by atoms with van der Waals surface area (Å²) in [7, 11) is 0. The van der Waals surface area contributed by atoms with E-state index in [9.17, 15) is 9.59 Å². The normalized spacial score (nSPS) is 10.5. The Hall–Kier alpha value is -1.68. The number of benzene rings is 1. The second kappa shape index (κ2) is 7.69. The minimum absolute atomic E-state index is 0.264. The molecule has 1 amide bonds. The Labute approximate surface area is 114 Å². The topological polar surface area (TPSA) is 58.2 Å². The summed E-state index contributed by atoms with van der Waals surface area (Å²) in [5.41, 5.74) is 2.17. The molecule has 1 aromatic carbocycles. The molecule has 0 heterocycles. The Kier molecular flexibility index (Phi) is 6.22. The van der Waals surface area contributed by atoms with Crippen LogP contribution in [0.1, 0.15) is 31.9 Å². The molecule has 0 radical (unpaired) electrons. The zero-order chi connectivity index (χ0) is 14.3. The SMILES string of the molecule is CCNCc1cccc(CNC(=O)C(=O)C(C)C)c1. The second-order valence-corrected chi connectivity index (χ2v) is 4.80. The van der Waals surface area contributed by atoms with E-state index in [0.717, 1.165) is 18.7 Å². The zero-order valence-corrected chi connectivity index (χ0v) is 11.8. The number of ketones is 1. The van der Waals surface area contributed by atoms with Gasteiger partial charge < -0.3 is 10.6 Å². The van der Waals surface area contributed by atoms with Gasteiger partial charge in [0.05, 0.1) is 0 Å². The number of hydrogen-bond donors (Lipinski definition) is 2. The van der Waals surface area contributed by atoms with Gasteiger partial charge in [-0.1, -0.05) is 45.0 Å². The minimum Gasteiger partial charge on any atom is -0.345 e. The molecule has 0 bridgehead atoms. The summed E-state index contributed by atoms with van der Waals surface area (Å²) in [6, 6.07) is 7.96. The van der Waals surface area contributed by atoms with Crippen molar-refractivity contribution in [3.05, 3.63) is 35.4 Å². The van der Waals surface area contributed by atoms with Crippen molar-refractivity contribution in [2.75, 3.05) is 6.54 Å². The van der Waals surface area contributed by atoms with Gasteiger partial charge in [-0.05, 0) is 17.7 Å². The molecule has 0 unspecified atom stereocenters. The molecule has 0 aliphatic rings. The molecule has 4 nitrogen and oxygen atoms in total. The highest BCUT2D eigenvalue weighted by atomic mass is 16.2. The van der Waals surface area contributed by atoms with Crippen LogP contribution in [0.4, 0.5) is 0 Å². The molecule has 104 valence electrons. The lowest BCUT2D eigenvalue weighted by molar-refractivity contribution is -0.139. The summed E-state index contributed by atoms with van der Waals surface area (Å²) < 4.78 is 0. The third-order valence-electron chi connectivity index (χ3n) is 2.77. The molecule has 4 heteroatoms. The maximum Gasteiger partial charge on any atom is 0.287 e. The van der Waals surface area contributed by atoms with Crippen molar-refractivity contribution in [3.8, 4) is 0 Å². The van der Waals surface area contributed by atoms with Crippen LogP contribution in [-0.4, -0.2) is 18.2 Å². The summed E-state index contributed by atoms with van der Waals surface area (Å²) in [5, 5.41) is 5.90. The number of nitrogens with one attached hydrogen (secondary N) is 2. The van der Waals surface area contributed by atoms with Crippen LogP contribution < -0.4 is 10.6 Å². The van der Waals surface area contributed by atoms with Crippen LogP contribution in [0.3, 0.4) is 0 Å². The first-order valence-electron chi connectivity index (χ1n) is 6.65. The number of carbonyl (C=O) groups excluding carboxylic acids is 2. The zero-order valence-electron chi connectivity index (χ0n) is 11.8. The number of hydrogen-bond acceptors (Lipinski definition) is 3. The van der Waals surface area contributed by atoms with E-state index < -0.39 is 5.91 Å². The fourth-order valence-corrected chi connectivity index (χ4v) is 1.65. The van der Waals surface area contributed by atoms with Crippen LogP contribution >= 0.6 is 0 Å². The fourth-order valence-electron chi connectivity index (χ4n) is 1.65. The molecular formula is C15H22N2O2. The van der Waals surface area contributed by atoms with Crippen molar-refractivity contribution in [2.24, 2.45) is 5.92 Å². The van der Waals surface area contributed by atoms with Crippen LogP contribution in [0.25, 0.3) is 0 Å². The summed E-state index contributed by atoms with van der Waals surface area (Å²) in [5.74, 6) is -1.14. The molecule has 0 saturated carbocycles. The molecule has 0 atom stereocenters. The lowest BCUT2D eigenvalue weighted by Gasteiger charge is -2.08. The molecule has 0 spiro atoms. The van der Waals surface area contributed by atoms with E-state index in [1.54, 1.807) is 13.8 Å². The maximum atomic E-state index is 11.5. The van der Waals surface area contributed by atoms with E-state index in [-0.39, 0.29) is 11.7 Å². The molecule has 0 saturated heterocycles. The summed E-state index contributed by atoms with van der Waals surface area (Å²) in [6.45, 7) is 7.61. The van der Waals surface area contributed by atoms with Gasteiger partial charge in [0.15, 0.2) is 0 Å². The average molecular weight is 262 g/mol.